The molecule has 0 spiro atoms. The van der Waals surface area contributed by atoms with Gasteiger partial charge in [0.25, 0.3) is 0 Å². The van der Waals surface area contributed by atoms with Gasteiger partial charge in [0.05, 0.1) is 30.3 Å². The first-order valence-electron chi connectivity index (χ1n) is 10.1. The maximum atomic E-state index is 6.02. The third-order valence-corrected chi connectivity index (χ3v) is 5.51. The Labute approximate surface area is 184 Å². The number of aromatic nitrogens is 5. The molecule has 0 amide bonds. The topological polar surface area (TPSA) is 81.0 Å². The average molecular weight is 436 g/mol. The quantitative estimate of drug-likeness (QED) is 0.519. The number of hydrogen-bond acceptors (Lipinski definition) is 7. The maximum absolute atomic E-state index is 6.02. The van der Waals surface area contributed by atoms with Gasteiger partial charge in [0.15, 0.2) is 5.65 Å². The molecule has 1 saturated heterocycles. The van der Waals surface area contributed by atoms with Gasteiger partial charge in [0, 0.05) is 42.3 Å². The van der Waals surface area contributed by atoms with Crippen LogP contribution in [0, 0.1) is 6.92 Å². The second-order valence-electron chi connectivity index (χ2n) is 7.45. The molecule has 0 unspecified atom stereocenters. The lowest BCUT2D eigenvalue weighted by atomic mass is 10.2. The van der Waals surface area contributed by atoms with Crippen molar-refractivity contribution in [3.63, 3.8) is 0 Å². The molecule has 1 fully saturated rings. The first-order valence-corrected chi connectivity index (χ1v) is 10.5. The van der Waals surface area contributed by atoms with Crippen molar-refractivity contribution in [2.45, 2.75) is 6.92 Å². The summed E-state index contributed by atoms with van der Waals surface area (Å²) < 4.78 is 7.29. The Kier molecular flexibility index (Phi) is 5.17. The summed E-state index contributed by atoms with van der Waals surface area (Å²) in [5.41, 5.74) is 4.19. The van der Waals surface area contributed by atoms with Gasteiger partial charge in [-0.1, -0.05) is 11.6 Å². The predicted molar refractivity (Wildman–Crippen MR) is 122 cm³/mol. The van der Waals surface area contributed by atoms with Gasteiger partial charge in [0.1, 0.15) is 5.82 Å². The van der Waals surface area contributed by atoms with Crippen LogP contribution in [-0.2, 0) is 11.8 Å². The molecular formula is C22H22ClN7O. The molecule has 8 nitrogen and oxygen atoms in total. The van der Waals surface area contributed by atoms with Crippen LogP contribution < -0.4 is 10.2 Å². The predicted octanol–water partition coefficient (Wildman–Crippen LogP) is 3.97. The number of rotatable bonds is 4. The number of pyridine rings is 1. The molecule has 158 valence electrons. The molecular weight excluding hydrogens is 414 g/mol. The fraction of sp³-hybridized carbons (Fsp3) is 0.273. The highest BCUT2D eigenvalue weighted by atomic mass is 35.5. The molecule has 0 radical (unpaired) electrons. The SMILES string of the molecule is Cc1nn(C)c2nc(-c3cc(Nc4ccc(Cl)cc4)nc(N4CCOCC4)n3)ccc12. The Morgan fingerprint density at radius 1 is 0.968 bits per heavy atom. The Hall–Kier alpha value is -3.23. The van der Waals surface area contributed by atoms with Crippen molar-refractivity contribution in [1.82, 2.24) is 24.7 Å². The van der Waals surface area contributed by atoms with Gasteiger partial charge in [-0.25, -0.2) is 9.97 Å². The van der Waals surface area contributed by atoms with Gasteiger partial charge in [-0.05, 0) is 43.3 Å². The zero-order valence-corrected chi connectivity index (χ0v) is 18.1. The summed E-state index contributed by atoms with van der Waals surface area (Å²) in [6.45, 7) is 4.80. The number of fused-ring (bicyclic) bond motifs is 1. The number of benzene rings is 1. The Morgan fingerprint density at radius 3 is 2.52 bits per heavy atom. The van der Waals surface area contributed by atoms with E-state index >= 15 is 0 Å². The maximum Gasteiger partial charge on any atom is 0.228 e. The van der Waals surface area contributed by atoms with Gasteiger partial charge >= 0.3 is 0 Å². The lowest BCUT2D eigenvalue weighted by Crippen LogP contribution is -2.37. The Bertz CT molecular complexity index is 1230. The highest BCUT2D eigenvalue weighted by Gasteiger charge is 2.18. The van der Waals surface area contributed by atoms with Crippen molar-refractivity contribution in [2.75, 3.05) is 36.5 Å². The molecule has 4 aromatic rings. The van der Waals surface area contributed by atoms with Gasteiger partial charge in [-0.3, -0.25) is 4.68 Å². The van der Waals surface area contributed by atoms with Crippen molar-refractivity contribution in [3.05, 3.63) is 53.2 Å². The van der Waals surface area contributed by atoms with Crippen molar-refractivity contribution >= 4 is 40.1 Å². The van der Waals surface area contributed by atoms with Crippen LogP contribution in [0.1, 0.15) is 5.69 Å². The van der Waals surface area contributed by atoms with Crippen molar-refractivity contribution < 1.29 is 4.74 Å². The van der Waals surface area contributed by atoms with Crippen molar-refractivity contribution in [1.29, 1.82) is 0 Å². The summed E-state index contributed by atoms with van der Waals surface area (Å²) in [5, 5.41) is 9.56. The van der Waals surface area contributed by atoms with Gasteiger partial charge in [0.2, 0.25) is 5.95 Å². The summed E-state index contributed by atoms with van der Waals surface area (Å²) in [4.78, 5) is 16.6. The van der Waals surface area contributed by atoms with Gasteiger partial charge in [-0.15, -0.1) is 0 Å². The van der Waals surface area contributed by atoms with Crippen LogP contribution in [0.5, 0.6) is 0 Å². The molecule has 9 heteroatoms. The fourth-order valence-electron chi connectivity index (χ4n) is 3.66. The summed E-state index contributed by atoms with van der Waals surface area (Å²) in [6.07, 6.45) is 0. The van der Waals surface area contributed by atoms with E-state index in [0.717, 1.165) is 46.9 Å². The van der Waals surface area contributed by atoms with Gasteiger partial charge < -0.3 is 15.0 Å². The zero-order chi connectivity index (χ0) is 21.4. The van der Waals surface area contributed by atoms with E-state index in [4.69, 9.17) is 31.3 Å². The van der Waals surface area contributed by atoms with E-state index < -0.39 is 0 Å². The smallest absolute Gasteiger partial charge is 0.228 e. The molecule has 3 aromatic heterocycles. The van der Waals surface area contributed by atoms with Crippen LogP contribution in [0.2, 0.25) is 5.02 Å². The first-order chi connectivity index (χ1) is 15.1. The Balaban J connectivity index is 1.58. The number of nitrogens with one attached hydrogen (secondary N) is 1. The minimum Gasteiger partial charge on any atom is -0.378 e. The molecule has 0 saturated carbocycles. The third-order valence-electron chi connectivity index (χ3n) is 5.26. The molecule has 1 aromatic carbocycles. The molecule has 31 heavy (non-hydrogen) atoms. The second-order valence-corrected chi connectivity index (χ2v) is 7.88. The molecule has 4 heterocycles. The summed E-state index contributed by atoms with van der Waals surface area (Å²) >= 11 is 6.02. The summed E-state index contributed by atoms with van der Waals surface area (Å²) in [5.74, 6) is 1.34. The average Bonchev–Trinajstić information content (AvgIpc) is 3.08. The minimum absolute atomic E-state index is 0.653. The number of morpholine rings is 1. The van der Waals surface area contributed by atoms with E-state index in [-0.39, 0.29) is 0 Å². The van der Waals surface area contributed by atoms with E-state index in [1.807, 2.05) is 56.4 Å². The number of hydrogen-bond donors (Lipinski definition) is 1. The number of aryl methyl sites for hydroxylation is 2. The largest absolute Gasteiger partial charge is 0.378 e. The third kappa shape index (κ3) is 4.04. The normalized spacial score (nSPS) is 14.2. The van der Waals surface area contributed by atoms with Crippen LogP contribution >= 0.6 is 11.6 Å². The van der Waals surface area contributed by atoms with E-state index in [2.05, 4.69) is 15.3 Å². The van der Waals surface area contributed by atoms with Crippen LogP contribution in [0.4, 0.5) is 17.5 Å². The van der Waals surface area contributed by atoms with Crippen LogP contribution in [0.3, 0.4) is 0 Å². The highest BCUT2D eigenvalue weighted by molar-refractivity contribution is 6.30. The molecule has 1 aliphatic heterocycles. The fourth-order valence-corrected chi connectivity index (χ4v) is 3.79. The van der Waals surface area contributed by atoms with Crippen molar-refractivity contribution in [3.8, 4) is 11.4 Å². The highest BCUT2D eigenvalue weighted by Crippen LogP contribution is 2.27. The molecule has 0 bridgehead atoms. The number of nitrogens with zero attached hydrogens (tertiary/aromatic N) is 6. The van der Waals surface area contributed by atoms with Crippen LogP contribution in [-0.4, -0.2) is 51.0 Å². The minimum atomic E-state index is 0.653. The van der Waals surface area contributed by atoms with E-state index in [0.29, 0.717) is 30.0 Å². The summed E-state index contributed by atoms with van der Waals surface area (Å²) in [7, 11) is 1.90. The lowest BCUT2D eigenvalue weighted by Gasteiger charge is -2.27. The molecule has 1 N–H and O–H groups in total. The number of ether oxygens (including phenoxy) is 1. The van der Waals surface area contributed by atoms with Gasteiger partial charge in [-0.2, -0.15) is 10.1 Å². The summed E-state index contributed by atoms with van der Waals surface area (Å²) in [6, 6.07) is 13.5. The first kappa shape index (κ1) is 19.7. The molecule has 5 rings (SSSR count). The molecule has 0 aliphatic carbocycles. The zero-order valence-electron chi connectivity index (χ0n) is 17.3. The standard InChI is InChI=1S/C22H22ClN7O/c1-14-17-7-8-18(25-21(17)29(2)28-14)19-13-20(24-16-5-3-15(23)4-6-16)27-22(26-19)30-9-11-31-12-10-30/h3-8,13H,9-12H2,1-2H3,(H,24,26,27). The van der Waals surface area contributed by atoms with E-state index in [1.54, 1.807) is 4.68 Å². The van der Waals surface area contributed by atoms with E-state index in [1.165, 1.54) is 0 Å². The second kappa shape index (κ2) is 8.13. The molecule has 0 atom stereocenters. The monoisotopic (exact) mass is 435 g/mol. The van der Waals surface area contributed by atoms with Crippen molar-refractivity contribution in [2.24, 2.45) is 7.05 Å². The Morgan fingerprint density at radius 2 is 1.74 bits per heavy atom. The number of anilines is 3. The van der Waals surface area contributed by atoms with E-state index in [9.17, 15) is 0 Å². The van der Waals surface area contributed by atoms with Crippen LogP contribution in [0.25, 0.3) is 22.4 Å². The van der Waals surface area contributed by atoms with Crippen LogP contribution in [0.15, 0.2) is 42.5 Å². The number of halogens is 1. The molecule has 1 aliphatic rings. The lowest BCUT2D eigenvalue weighted by molar-refractivity contribution is 0.122.